The normalized spacial score (nSPS) is 23.8. The van der Waals surface area contributed by atoms with E-state index in [4.69, 9.17) is 0 Å². The van der Waals surface area contributed by atoms with Gasteiger partial charge >= 0.3 is 6.18 Å². The average molecular weight is 427 g/mol. The summed E-state index contributed by atoms with van der Waals surface area (Å²) in [6.07, 6.45) is -1.02. The molecule has 5 nitrogen and oxygen atoms in total. The molecular formula is C20H22ClF3N4O. The first-order valence-electron chi connectivity index (χ1n) is 9.67. The fourth-order valence-electron chi connectivity index (χ4n) is 4.48. The number of nitrogens with zero attached hydrogens (tertiary/aromatic N) is 3. The van der Waals surface area contributed by atoms with Crippen LogP contribution in [0, 0.1) is 11.8 Å². The van der Waals surface area contributed by atoms with Gasteiger partial charge in [0.15, 0.2) is 0 Å². The first-order chi connectivity index (χ1) is 13.4. The maximum atomic E-state index is 13.2. The van der Waals surface area contributed by atoms with Crippen LogP contribution in [0.3, 0.4) is 0 Å². The van der Waals surface area contributed by atoms with Crippen molar-refractivity contribution in [2.75, 3.05) is 26.2 Å². The molecule has 0 radical (unpaired) electrons. The van der Waals surface area contributed by atoms with Crippen molar-refractivity contribution in [3.8, 4) is 5.69 Å². The minimum Gasteiger partial charge on any atom is -0.338 e. The molecule has 3 heterocycles. The SMILES string of the molecule is Cl.O=C(c1cnn(-c2cccc(C(F)(F)F)c2)c1C1CC1)N1C[C@H]2CNC[C@H]2C1. The van der Waals surface area contributed by atoms with Crippen LogP contribution in [0.1, 0.15) is 40.4 Å². The summed E-state index contributed by atoms with van der Waals surface area (Å²) in [5.41, 5.74) is 0.917. The van der Waals surface area contributed by atoms with Crippen molar-refractivity contribution in [3.63, 3.8) is 0 Å². The van der Waals surface area contributed by atoms with Crippen LogP contribution < -0.4 is 5.32 Å². The van der Waals surface area contributed by atoms with Gasteiger partial charge in [-0.2, -0.15) is 18.3 Å². The third kappa shape index (κ3) is 3.64. The average Bonchev–Trinajstić information content (AvgIpc) is 3.07. The van der Waals surface area contributed by atoms with Gasteiger partial charge in [-0.15, -0.1) is 12.4 Å². The lowest BCUT2D eigenvalue weighted by molar-refractivity contribution is -0.137. The highest BCUT2D eigenvalue weighted by Gasteiger charge is 2.41. The van der Waals surface area contributed by atoms with E-state index in [-0.39, 0.29) is 24.2 Å². The zero-order valence-corrected chi connectivity index (χ0v) is 16.5. The highest BCUT2D eigenvalue weighted by atomic mass is 35.5. The van der Waals surface area contributed by atoms with E-state index < -0.39 is 11.7 Å². The second-order valence-corrected chi connectivity index (χ2v) is 8.07. The maximum absolute atomic E-state index is 13.2. The number of aromatic nitrogens is 2. The summed E-state index contributed by atoms with van der Waals surface area (Å²) in [5, 5.41) is 7.68. The molecule has 1 aliphatic carbocycles. The smallest absolute Gasteiger partial charge is 0.338 e. The van der Waals surface area contributed by atoms with Gasteiger partial charge in [-0.25, -0.2) is 4.68 Å². The molecule has 1 aromatic heterocycles. The number of carbonyl (C=O) groups is 1. The van der Waals surface area contributed by atoms with Gasteiger partial charge in [-0.05, 0) is 42.9 Å². The second-order valence-electron chi connectivity index (χ2n) is 8.07. The number of hydrogen-bond donors (Lipinski definition) is 1. The van der Waals surface area contributed by atoms with Gasteiger partial charge in [0.25, 0.3) is 5.91 Å². The Bertz CT molecular complexity index is 913. The van der Waals surface area contributed by atoms with Gasteiger partial charge in [-0.3, -0.25) is 4.79 Å². The minimum atomic E-state index is -4.41. The summed E-state index contributed by atoms with van der Waals surface area (Å²) >= 11 is 0. The largest absolute Gasteiger partial charge is 0.416 e. The van der Waals surface area contributed by atoms with Crippen molar-refractivity contribution in [3.05, 3.63) is 47.3 Å². The zero-order chi connectivity index (χ0) is 19.5. The molecule has 1 aromatic carbocycles. The summed E-state index contributed by atoms with van der Waals surface area (Å²) < 4.78 is 40.9. The zero-order valence-electron chi connectivity index (χ0n) is 15.7. The summed E-state index contributed by atoms with van der Waals surface area (Å²) in [6, 6.07) is 5.13. The predicted molar refractivity (Wildman–Crippen MR) is 104 cm³/mol. The summed E-state index contributed by atoms with van der Waals surface area (Å²) in [5.74, 6) is 1.12. The molecule has 0 bridgehead atoms. The van der Waals surface area contributed by atoms with Gasteiger partial charge in [0.1, 0.15) is 0 Å². The maximum Gasteiger partial charge on any atom is 0.416 e. The van der Waals surface area contributed by atoms with E-state index in [1.54, 1.807) is 6.07 Å². The molecule has 29 heavy (non-hydrogen) atoms. The Labute approximate surface area is 172 Å². The molecule has 1 saturated carbocycles. The standard InChI is InChI=1S/C20H21F3N4O.ClH/c21-20(22,23)15-2-1-3-16(6-15)27-18(12-4-5-12)17(9-25-27)19(28)26-10-13-7-24-8-14(13)11-26;/h1-3,6,9,12-14,24H,4-5,7-8,10-11H2;1H/t13-,14+;. The molecule has 1 amide bonds. The van der Waals surface area contributed by atoms with Crippen molar-refractivity contribution in [2.24, 2.45) is 11.8 Å². The van der Waals surface area contributed by atoms with Crippen LogP contribution in [0.5, 0.6) is 0 Å². The van der Waals surface area contributed by atoms with Crippen LogP contribution in [0.25, 0.3) is 5.69 Å². The van der Waals surface area contributed by atoms with E-state index in [2.05, 4.69) is 10.4 Å². The molecule has 0 unspecified atom stereocenters. The Kier molecular flexibility index (Phi) is 5.11. The van der Waals surface area contributed by atoms with Crippen LogP contribution in [-0.2, 0) is 6.18 Å². The number of hydrogen-bond acceptors (Lipinski definition) is 3. The number of rotatable bonds is 3. The third-order valence-corrected chi connectivity index (χ3v) is 6.10. The molecule has 5 rings (SSSR count). The number of halogens is 4. The molecule has 9 heteroatoms. The lowest BCUT2D eigenvalue weighted by Crippen LogP contribution is -2.32. The molecule has 2 atom stereocenters. The number of alkyl halides is 3. The van der Waals surface area contributed by atoms with Gasteiger partial charge < -0.3 is 10.2 Å². The van der Waals surface area contributed by atoms with Gasteiger partial charge in [0, 0.05) is 32.1 Å². The minimum absolute atomic E-state index is 0. The van der Waals surface area contributed by atoms with Gasteiger partial charge in [-0.1, -0.05) is 6.07 Å². The van der Waals surface area contributed by atoms with Crippen molar-refractivity contribution in [1.82, 2.24) is 20.0 Å². The first-order valence-corrected chi connectivity index (χ1v) is 9.67. The van der Waals surface area contributed by atoms with Crippen LogP contribution in [0.15, 0.2) is 30.5 Å². The molecule has 2 aromatic rings. The van der Waals surface area contributed by atoms with Crippen molar-refractivity contribution in [2.45, 2.75) is 24.9 Å². The van der Waals surface area contributed by atoms with Gasteiger partial charge in [0.05, 0.1) is 28.7 Å². The summed E-state index contributed by atoms with van der Waals surface area (Å²) in [4.78, 5) is 15.1. The fourth-order valence-corrected chi connectivity index (χ4v) is 4.48. The predicted octanol–water partition coefficient (Wildman–Crippen LogP) is 3.48. The van der Waals surface area contributed by atoms with E-state index in [9.17, 15) is 18.0 Å². The Morgan fingerprint density at radius 1 is 1.14 bits per heavy atom. The lowest BCUT2D eigenvalue weighted by atomic mass is 10.0. The topological polar surface area (TPSA) is 50.2 Å². The monoisotopic (exact) mass is 426 g/mol. The van der Waals surface area contributed by atoms with Crippen LogP contribution in [-0.4, -0.2) is 46.8 Å². The third-order valence-electron chi connectivity index (χ3n) is 6.10. The Morgan fingerprint density at radius 2 is 1.83 bits per heavy atom. The Balaban J connectivity index is 0.00000205. The van der Waals surface area contributed by atoms with E-state index in [1.165, 1.54) is 16.9 Å². The van der Waals surface area contributed by atoms with E-state index >= 15 is 0 Å². The van der Waals surface area contributed by atoms with Crippen LogP contribution in [0.2, 0.25) is 0 Å². The first kappa shape index (κ1) is 20.2. The lowest BCUT2D eigenvalue weighted by Gasteiger charge is -2.18. The quantitative estimate of drug-likeness (QED) is 0.817. The summed E-state index contributed by atoms with van der Waals surface area (Å²) in [7, 11) is 0. The number of likely N-dealkylation sites (tertiary alicyclic amines) is 1. The highest BCUT2D eigenvalue weighted by molar-refractivity contribution is 5.96. The molecule has 0 spiro atoms. The van der Waals surface area contributed by atoms with Crippen molar-refractivity contribution >= 4 is 18.3 Å². The molecule has 3 aliphatic rings. The molecule has 2 saturated heterocycles. The van der Waals surface area contributed by atoms with E-state index in [0.717, 1.165) is 56.8 Å². The molecule has 1 N–H and O–H groups in total. The van der Waals surface area contributed by atoms with Crippen LogP contribution >= 0.6 is 12.4 Å². The fraction of sp³-hybridized carbons (Fsp3) is 0.500. The molecular weight excluding hydrogens is 405 g/mol. The number of nitrogens with one attached hydrogen (secondary N) is 1. The van der Waals surface area contributed by atoms with Crippen LogP contribution in [0.4, 0.5) is 13.2 Å². The van der Waals surface area contributed by atoms with E-state index in [1.807, 2.05) is 4.90 Å². The second kappa shape index (κ2) is 7.32. The summed E-state index contributed by atoms with van der Waals surface area (Å²) in [6.45, 7) is 3.34. The van der Waals surface area contributed by atoms with Gasteiger partial charge in [0.2, 0.25) is 0 Å². The Morgan fingerprint density at radius 3 is 2.45 bits per heavy atom. The molecule has 3 fully saturated rings. The number of amides is 1. The number of benzene rings is 1. The van der Waals surface area contributed by atoms with Crippen molar-refractivity contribution < 1.29 is 18.0 Å². The molecule has 156 valence electrons. The van der Waals surface area contributed by atoms with E-state index in [0.29, 0.717) is 23.1 Å². The molecule has 2 aliphatic heterocycles. The highest BCUT2D eigenvalue weighted by Crippen LogP contribution is 2.43. The number of fused-ring (bicyclic) bond motifs is 1. The Hall–Kier alpha value is -2.06. The van der Waals surface area contributed by atoms with Crippen molar-refractivity contribution in [1.29, 1.82) is 0 Å². The number of carbonyl (C=O) groups excluding carboxylic acids is 1.